The third-order valence-electron chi connectivity index (χ3n) is 7.02. The average Bonchev–Trinajstić information content (AvgIpc) is 3.69. The van der Waals surface area contributed by atoms with Gasteiger partial charge < -0.3 is 19.7 Å². The lowest BCUT2D eigenvalue weighted by atomic mass is 9.99. The second-order valence-electron chi connectivity index (χ2n) is 11.3. The van der Waals surface area contributed by atoms with Crippen LogP contribution < -0.4 is 9.47 Å². The molecule has 0 radical (unpaired) electrons. The minimum Gasteiger partial charge on any atom is -0.476 e. The molecule has 16 nitrogen and oxygen atoms in total. The summed E-state index contributed by atoms with van der Waals surface area (Å²) >= 11 is 0. The van der Waals surface area contributed by atoms with Gasteiger partial charge in [0.25, 0.3) is 11.8 Å². The molecule has 0 aliphatic carbocycles. The minimum atomic E-state index is -4.09. The van der Waals surface area contributed by atoms with Crippen molar-refractivity contribution in [3.05, 3.63) is 71.0 Å². The van der Waals surface area contributed by atoms with E-state index in [0.717, 1.165) is 0 Å². The van der Waals surface area contributed by atoms with Gasteiger partial charge in [-0.1, -0.05) is 26.7 Å². The van der Waals surface area contributed by atoms with Gasteiger partial charge in [-0.15, -0.1) is 0 Å². The van der Waals surface area contributed by atoms with E-state index >= 15 is 0 Å². The number of ether oxygens (including phenoxy) is 2. The Hall–Kier alpha value is -5.72. The fourth-order valence-corrected chi connectivity index (χ4v) is 5.52. The molecule has 0 spiro atoms. The number of nitrogens with one attached hydrogen (secondary N) is 2. The number of carboxylic acid groups (broad SMARTS) is 2. The van der Waals surface area contributed by atoms with Gasteiger partial charge in [0.1, 0.15) is 11.5 Å². The zero-order chi connectivity index (χ0) is 35.3. The van der Waals surface area contributed by atoms with Crippen molar-refractivity contribution in [1.82, 2.24) is 30.8 Å². The molecule has 0 bridgehead atoms. The van der Waals surface area contributed by atoms with Crippen LogP contribution in [-0.2, 0) is 19.7 Å². The molecule has 18 heteroatoms. The first-order valence-electron chi connectivity index (χ1n) is 13.8. The predicted octanol–water partition coefficient (Wildman–Crippen LogP) is 3.39. The number of aromatic nitrogens is 6. The smallest absolute Gasteiger partial charge is 0.359 e. The quantitative estimate of drug-likeness (QED) is 0.164. The van der Waals surface area contributed by atoms with Crippen LogP contribution in [0.1, 0.15) is 72.6 Å². The van der Waals surface area contributed by atoms with Crippen molar-refractivity contribution in [2.75, 3.05) is 0 Å². The van der Waals surface area contributed by atoms with Gasteiger partial charge in [0.15, 0.2) is 0 Å². The molecule has 0 aliphatic rings. The largest absolute Gasteiger partial charge is 0.476 e. The van der Waals surface area contributed by atoms with Crippen molar-refractivity contribution in [2.24, 2.45) is 0 Å². The van der Waals surface area contributed by atoms with Gasteiger partial charge in [-0.3, -0.25) is 0 Å². The van der Waals surface area contributed by atoms with Crippen LogP contribution in [-0.4, -0.2) is 79.3 Å². The van der Waals surface area contributed by atoms with E-state index in [1.807, 2.05) is 0 Å². The van der Waals surface area contributed by atoms with Crippen LogP contribution in [0, 0.1) is 22.3 Å². The number of benzene rings is 2. The van der Waals surface area contributed by atoms with Crippen LogP contribution in [0.3, 0.4) is 0 Å². The first-order valence-corrected chi connectivity index (χ1v) is 16.8. The number of carbonyl (C=O) groups is 2. The Labute approximate surface area is 274 Å². The summed E-state index contributed by atoms with van der Waals surface area (Å²) in [4.78, 5) is 22.4. The lowest BCUT2D eigenvalue weighted by Crippen LogP contribution is -2.37. The molecule has 0 aliphatic heterocycles. The van der Waals surface area contributed by atoms with Crippen LogP contribution in [0.15, 0.2) is 48.5 Å². The normalized spacial score (nSPS) is 11.8. The summed E-state index contributed by atoms with van der Waals surface area (Å²) in [6.07, 6.45) is -0.112. The molecule has 0 amide bonds. The SMILES string of the molecule is CC(C)(CCC(C)(C)S(=O)(=O)C#Cc1cccc(Oc2nn[nH]c2C(=O)O)c1)S(=O)(=O)C#Cc1ccc(Oc2nn[nH]c2C(=O)O)cc1. The zero-order valence-corrected chi connectivity index (χ0v) is 27.4. The van der Waals surface area contributed by atoms with Crippen molar-refractivity contribution in [1.29, 1.82) is 0 Å². The summed E-state index contributed by atoms with van der Waals surface area (Å²) in [5, 5.41) is 41.2. The standard InChI is InChI=1S/C30H28N6O10S2/c1-29(2,47(41,42)16-12-19-8-10-21(11-9-19)45-25-23(27(37)38)31-35-33-25)14-15-30(3,4)48(43,44)17-13-20-6-5-7-22(18-20)46-26-24(28(39)40)32-36-34-26/h5-11,18H,14-15H2,1-4H3,(H,37,38)(H,39,40)(H,31,33,35)(H,32,34,36). The Kier molecular flexibility index (Phi) is 9.93. The molecular weight excluding hydrogens is 668 g/mol. The molecule has 48 heavy (non-hydrogen) atoms. The fourth-order valence-electron chi connectivity index (χ4n) is 3.72. The lowest BCUT2D eigenvalue weighted by Gasteiger charge is -2.27. The Bertz CT molecular complexity index is 2200. The Balaban J connectivity index is 1.41. The predicted molar refractivity (Wildman–Crippen MR) is 169 cm³/mol. The second kappa shape index (κ2) is 13.6. The Morgan fingerprint density at radius 3 is 1.65 bits per heavy atom. The van der Waals surface area contributed by atoms with E-state index in [1.165, 1.54) is 76.2 Å². The number of rotatable bonds is 11. The molecule has 0 saturated carbocycles. The number of sulfone groups is 2. The highest BCUT2D eigenvalue weighted by Crippen LogP contribution is 2.31. The summed E-state index contributed by atoms with van der Waals surface area (Å²) in [6.45, 7) is 5.81. The third-order valence-corrected chi connectivity index (χ3v) is 11.1. The Morgan fingerprint density at radius 2 is 1.17 bits per heavy atom. The van der Waals surface area contributed by atoms with E-state index in [2.05, 4.69) is 53.2 Å². The maximum Gasteiger partial charge on any atom is 0.359 e. The monoisotopic (exact) mass is 696 g/mol. The molecule has 0 atom stereocenters. The summed E-state index contributed by atoms with van der Waals surface area (Å²) in [5.74, 6) is 2.36. The number of carboxylic acids is 2. The molecule has 2 aromatic carbocycles. The van der Waals surface area contributed by atoms with Gasteiger partial charge in [0, 0.05) is 21.6 Å². The number of aromatic carboxylic acids is 2. The van der Waals surface area contributed by atoms with Gasteiger partial charge in [0.05, 0.1) is 9.49 Å². The van der Waals surface area contributed by atoms with Crippen molar-refractivity contribution >= 4 is 31.6 Å². The maximum atomic E-state index is 13.2. The molecule has 2 aromatic heterocycles. The van der Waals surface area contributed by atoms with Crippen molar-refractivity contribution in [3.63, 3.8) is 0 Å². The second-order valence-corrected chi connectivity index (χ2v) is 16.0. The highest BCUT2D eigenvalue weighted by atomic mass is 32.2. The lowest BCUT2D eigenvalue weighted by molar-refractivity contribution is 0.0676. The van der Waals surface area contributed by atoms with Crippen LogP contribution in [0.25, 0.3) is 0 Å². The molecule has 0 saturated heterocycles. The topological polar surface area (TPSA) is 244 Å². The van der Waals surface area contributed by atoms with Crippen molar-refractivity contribution in [2.45, 2.75) is 50.0 Å². The molecule has 4 N–H and O–H groups in total. The molecule has 0 fully saturated rings. The van der Waals surface area contributed by atoms with E-state index < -0.39 is 41.1 Å². The molecule has 4 rings (SSSR count). The molecule has 0 unspecified atom stereocenters. The highest BCUT2D eigenvalue weighted by Gasteiger charge is 2.39. The van der Waals surface area contributed by atoms with Crippen LogP contribution in [0.2, 0.25) is 0 Å². The Morgan fingerprint density at radius 1 is 0.708 bits per heavy atom. The summed E-state index contributed by atoms with van der Waals surface area (Å²) < 4.78 is 60.8. The highest BCUT2D eigenvalue weighted by molar-refractivity contribution is 7.97. The van der Waals surface area contributed by atoms with Crippen LogP contribution >= 0.6 is 0 Å². The van der Waals surface area contributed by atoms with Gasteiger partial charge in [-0.2, -0.15) is 0 Å². The van der Waals surface area contributed by atoms with Crippen molar-refractivity contribution in [3.8, 4) is 45.6 Å². The van der Waals surface area contributed by atoms with Gasteiger partial charge in [-0.05, 0) is 94.8 Å². The van der Waals surface area contributed by atoms with Gasteiger partial charge in [-0.25, -0.2) is 36.6 Å². The summed E-state index contributed by atoms with van der Waals surface area (Å²) in [6, 6.07) is 11.8. The average molecular weight is 697 g/mol. The zero-order valence-electron chi connectivity index (χ0n) is 25.8. The molecule has 2 heterocycles. The third kappa shape index (κ3) is 8.16. The fraction of sp³-hybridized carbons (Fsp3) is 0.267. The van der Waals surface area contributed by atoms with E-state index in [4.69, 9.17) is 19.7 Å². The number of nitrogens with zero attached hydrogens (tertiary/aromatic N) is 4. The van der Waals surface area contributed by atoms with Gasteiger partial charge in [0.2, 0.25) is 31.1 Å². The van der Waals surface area contributed by atoms with Crippen LogP contribution in [0.4, 0.5) is 0 Å². The minimum absolute atomic E-state index is 0.0543. The summed E-state index contributed by atoms with van der Waals surface area (Å²) in [7, 11) is -8.14. The van der Waals surface area contributed by atoms with E-state index in [-0.39, 0.29) is 53.1 Å². The van der Waals surface area contributed by atoms with Crippen molar-refractivity contribution < 1.29 is 46.1 Å². The van der Waals surface area contributed by atoms with Crippen LogP contribution in [0.5, 0.6) is 23.3 Å². The number of hydrogen-bond acceptors (Lipinski definition) is 12. The maximum absolute atomic E-state index is 13.2. The number of H-pyrrole nitrogens is 2. The first kappa shape index (κ1) is 35.1. The van der Waals surface area contributed by atoms with E-state index in [9.17, 15) is 26.4 Å². The van der Waals surface area contributed by atoms with E-state index in [0.29, 0.717) is 5.56 Å². The molecule has 250 valence electrons. The number of hydrogen-bond donors (Lipinski definition) is 4. The molecule has 4 aromatic rings. The van der Waals surface area contributed by atoms with Gasteiger partial charge >= 0.3 is 11.9 Å². The number of aromatic amines is 2. The summed E-state index contributed by atoms with van der Waals surface area (Å²) in [5.41, 5.74) is -0.117. The first-order chi connectivity index (χ1) is 22.4. The van der Waals surface area contributed by atoms with E-state index in [1.54, 1.807) is 0 Å². The molecular formula is C30H28N6O10S2.